The SMILES string of the molecule is C[C@H](CCC1C2CCCCC2CC2CCCCC21)C1CC[C@H](O)CC1[C@@H](C)OCC1C2CCCCC2CC2CCCCC21. The van der Waals surface area contributed by atoms with Gasteiger partial charge in [0.15, 0.2) is 0 Å². The summed E-state index contributed by atoms with van der Waals surface area (Å²) in [7, 11) is 0. The summed E-state index contributed by atoms with van der Waals surface area (Å²) in [5, 5.41) is 10.9. The van der Waals surface area contributed by atoms with Crippen molar-refractivity contribution in [1.29, 1.82) is 0 Å². The first kappa shape index (κ1) is 31.5. The van der Waals surface area contributed by atoms with Crippen LogP contribution in [0.2, 0.25) is 0 Å². The molecule has 0 heterocycles. The van der Waals surface area contributed by atoms with E-state index >= 15 is 0 Å². The van der Waals surface area contributed by atoms with Gasteiger partial charge in [-0.05, 0) is 148 Å². The minimum atomic E-state index is -0.107. The summed E-state index contributed by atoms with van der Waals surface area (Å²) in [6, 6.07) is 0. The molecule has 0 bridgehead atoms. The maximum absolute atomic E-state index is 10.9. The lowest BCUT2D eigenvalue weighted by molar-refractivity contribution is -0.100. The highest BCUT2D eigenvalue weighted by Crippen LogP contribution is 2.56. The van der Waals surface area contributed by atoms with E-state index < -0.39 is 0 Å². The molecule has 7 fully saturated rings. The summed E-state index contributed by atoms with van der Waals surface area (Å²) in [6.45, 7) is 6.05. The Morgan fingerprint density at radius 2 is 1.00 bits per heavy atom. The zero-order valence-electron chi connectivity index (χ0n) is 28.5. The Balaban J connectivity index is 0.992. The van der Waals surface area contributed by atoms with Gasteiger partial charge < -0.3 is 9.84 Å². The molecule has 2 heteroatoms. The van der Waals surface area contributed by atoms with E-state index in [2.05, 4.69) is 13.8 Å². The van der Waals surface area contributed by atoms with Crippen LogP contribution in [0.25, 0.3) is 0 Å². The number of ether oxygens (including phenoxy) is 1. The summed E-state index contributed by atoms with van der Waals surface area (Å²) in [5.41, 5.74) is 0. The van der Waals surface area contributed by atoms with Gasteiger partial charge in [0.1, 0.15) is 0 Å². The second kappa shape index (κ2) is 14.4. The van der Waals surface area contributed by atoms with Crippen LogP contribution in [0.5, 0.6) is 0 Å². The van der Waals surface area contributed by atoms with Crippen molar-refractivity contribution in [1.82, 2.24) is 0 Å². The van der Waals surface area contributed by atoms with Gasteiger partial charge in [0.25, 0.3) is 0 Å². The van der Waals surface area contributed by atoms with Crippen LogP contribution in [0.1, 0.15) is 162 Å². The van der Waals surface area contributed by atoms with Gasteiger partial charge in [-0.3, -0.25) is 0 Å². The maximum Gasteiger partial charge on any atom is 0.0579 e. The zero-order chi connectivity index (χ0) is 29.3. The van der Waals surface area contributed by atoms with Crippen LogP contribution in [0, 0.1) is 76.9 Å². The number of hydrogen-bond donors (Lipinski definition) is 1. The van der Waals surface area contributed by atoms with Crippen LogP contribution in [-0.4, -0.2) is 23.9 Å². The van der Waals surface area contributed by atoms with E-state index in [1.54, 1.807) is 38.5 Å². The van der Waals surface area contributed by atoms with Gasteiger partial charge >= 0.3 is 0 Å². The fourth-order valence-corrected chi connectivity index (χ4v) is 14.0. The first-order valence-electron chi connectivity index (χ1n) is 20.4. The number of fused-ring (bicyclic) bond motifs is 4. The average Bonchev–Trinajstić information content (AvgIpc) is 3.04. The van der Waals surface area contributed by atoms with Crippen molar-refractivity contribution in [3.63, 3.8) is 0 Å². The monoisotopic (exact) mass is 595 g/mol. The molecular weight excluding hydrogens is 524 g/mol. The molecule has 0 radical (unpaired) electrons. The molecule has 1 N–H and O–H groups in total. The minimum absolute atomic E-state index is 0.107. The Morgan fingerprint density at radius 3 is 1.51 bits per heavy atom. The fourth-order valence-electron chi connectivity index (χ4n) is 14.0. The van der Waals surface area contributed by atoms with E-state index in [9.17, 15) is 5.11 Å². The lowest BCUT2D eigenvalue weighted by atomic mass is 9.53. The molecule has 246 valence electrons. The summed E-state index contributed by atoms with van der Waals surface area (Å²) >= 11 is 0. The second-order valence-corrected chi connectivity index (χ2v) is 18.0. The van der Waals surface area contributed by atoms with Crippen LogP contribution in [0.4, 0.5) is 0 Å². The lowest BCUT2D eigenvalue weighted by Gasteiger charge is -2.52. The molecule has 10 unspecified atom stereocenters. The molecule has 43 heavy (non-hydrogen) atoms. The predicted octanol–water partition coefficient (Wildman–Crippen LogP) is 10.9. The highest BCUT2D eigenvalue weighted by Gasteiger charge is 2.48. The third-order valence-corrected chi connectivity index (χ3v) is 16.1. The van der Waals surface area contributed by atoms with E-state index in [4.69, 9.17) is 4.74 Å². The highest BCUT2D eigenvalue weighted by atomic mass is 16.5. The van der Waals surface area contributed by atoms with Crippen molar-refractivity contribution < 1.29 is 9.84 Å². The van der Waals surface area contributed by atoms with Gasteiger partial charge in [0.05, 0.1) is 18.8 Å². The van der Waals surface area contributed by atoms with Crippen LogP contribution >= 0.6 is 0 Å². The predicted molar refractivity (Wildman–Crippen MR) is 179 cm³/mol. The van der Waals surface area contributed by atoms with Crippen LogP contribution < -0.4 is 0 Å². The molecule has 13 atom stereocenters. The Hall–Kier alpha value is -0.0800. The first-order chi connectivity index (χ1) is 21.1. The summed E-state index contributed by atoms with van der Waals surface area (Å²) in [6.07, 6.45) is 33.5. The molecule has 0 spiro atoms. The Labute approximate surface area is 266 Å². The Morgan fingerprint density at radius 1 is 0.535 bits per heavy atom. The molecule has 7 saturated carbocycles. The van der Waals surface area contributed by atoms with Crippen molar-refractivity contribution in [3.05, 3.63) is 0 Å². The van der Waals surface area contributed by atoms with E-state index in [0.29, 0.717) is 12.0 Å². The van der Waals surface area contributed by atoms with Crippen molar-refractivity contribution in [2.24, 2.45) is 76.9 Å². The van der Waals surface area contributed by atoms with Gasteiger partial charge in [-0.2, -0.15) is 0 Å². The van der Waals surface area contributed by atoms with E-state index in [1.807, 2.05) is 0 Å². The highest BCUT2D eigenvalue weighted by molar-refractivity contribution is 4.97. The molecule has 0 saturated heterocycles. The molecule has 0 amide bonds. The van der Waals surface area contributed by atoms with Crippen molar-refractivity contribution in [2.75, 3.05) is 6.61 Å². The minimum Gasteiger partial charge on any atom is -0.393 e. The van der Waals surface area contributed by atoms with E-state index in [0.717, 1.165) is 90.5 Å². The zero-order valence-corrected chi connectivity index (χ0v) is 28.5. The average molecular weight is 595 g/mol. The summed E-state index contributed by atoms with van der Waals surface area (Å²) in [4.78, 5) is 0. The summed E-state index contributed by atoms with van der Waals surface area (Å²) < 4.78 is 7.07. The third-order valence-electron chi connectivity index (χ3n) is 16.1. The molecule has 2 nitrogen and oxygen atoms in total. The van der Waals surface area contributed by atoms with E-state index in [1.165, 1.54) is 96.3 Å². The first-order valence-corrected chi connectivity index (χ1v) is 20.4. The van der Waals surface area contributed by atoms with Gasteiger partial charge in [0, 0.05) is 0 Å². The van der Waals surface area contributed by atoms with Crippen molar-refractivity contribution in [3.8, 4) is 0 Å². The maximum atomic E-state index is 10.9. The second-order valence-electron chi connectivity index (χ2n) is 18.0. The quantitative estimate of drug-likeness (QED) is 0.303. The van der Waals surface area contributed by atoms with Crippen molar-refractivity contribution >= 4 is 0 Å². The number of aliphatic hydroxyl groups is 1. The molecule has 0 aromatic rings. The van der Waals surface area contributed by atoms with E-state index in [-0.39, 0.29) is 6.10 Å². The standard InChI is InChI=1S/C41H70O2/c1-27(19-21-39-35-15-7-3-11-29(35)23-30-12-4-8-16-36(30)39)34-22-20-33(42)25-40(34)28(2)43-26-41-37-17-9-5-13-31(37)24-32-14-6-10-18-38(32)41/h27-42H,3-26H2,1-2H3/t27-,28-,29?,30?,31?,32?,33+,34?,35?,36?,37?,38?,39?,40?,41?/m1/s1. The van der Waals surface area contributed by atoms with Gasteiger partial charge in [-0.25, -0.2) is 0 Å². The van der Waals surface area contributed by atoms with Crippen LogP contribution in [0.3, 0.4) is 0 Å². The third kappa shape index (κ3) is 6.83. The molecule has 7 aliphatic carbocycles. The Kier molecular flexibility index (Phi) is 10.5. The topological polar surface area (TPSA) is 29.5 Å². The number of aliphatic hydroxyl groups excluding tert-OH is 1. The molecule has 7 rings (SSSR count). The molecule has 0 aromatic carbocycles. The van der Waals surface area contributed by atoms with Gasteiger partial charge in [-0.1, -0.05) is 90.4 Å². The molecule has 0 aromatic heterocycles. The molecular formula is C41H70O2. The number of rotatable bonds is 8. The van der Waals surface area contributed by atoms with Crippen LogP contribution in [-0.2, 0) is 4.74 Å². The molecule has 7 aliphatic rings. The fraction of sp³-hybridized carbons (Fsp3) is 1.00. The van der Waals surface area contributed by atoms with Crippen LogP contribution in [0.15, 0.2) is 0 Å². The molecule has 0 aliphatic heterocycles. The lowest BCUT2D eigenvalue weighted by Crippen LogP contribution is -2.46. The summed E-state index contributed by atoms with van der Waals surface area (Å²) in [5.74, 6) is 12.0. The van der Waals surface area contributed by atoms with Gasteiger partial charge in [-0.15, -0.1) is 0 Å². The number of hydrogen-bond acceptors (Lipinski definition) is 2. The Bertz CT molecular complexity index is 826. The van der Waals surface area contributed by atoms with Crippen molar-refractivity contribution in [2.45, 2.75) is 174 Å². The smallest absolute Gasteiger partial charge is 0.0579 e. The largest absolute Gasteiger partial charge is 0.393 e. The van der Waals surface area contributed by atoms with Gasteiger partial charge in [0.2, 0.25) is 0 Å². The normalized spacial score (nSPS) is 48.2.